The highest BCUT2D eigenvalue weighted by molar-refractivity contribution is 6.05. The summed E-state index contributed by atoms with van der Waals surface area (Å²) in [6.45, 7) is 5.87. The average Bonchev–Trinajstić information content (AvgIpc) is 2.71. The molecule has 2 aromatic rings. The summed E-state index contributed by atoms with van der Waals surface area (Å²) in [6.07, 6.45) is 5.22. The van der Waals surface area contributed by atoms with Crippen molar-refractivity contribution < 1.29 is 18.9 Å². The predicted octanol–water partition coefficient (Wildman–Crippen LogP) is 3.17. The average molecular weight is 370 g/mol. The summed E-state index contributed by atoms with van der Waals surface area (Å²) < 4.78 is 7.17. The molecule has 0 unspecified atom stereocenters. The van der Waals surface area contributed by atoms with E-state index in [2.05, 4.69) is 12.2 Å². The van der Waals surface area contributed by atoms with E-state index in [1.807, 2.05) is 60.3 Å². The maximum Gasteiger partial charge on any atom is 0.407 e. The third-order valence-electron chi connectivity index (χ3n) is 4.13. The summed E-state index contributed by atoms with van der Waals surface area (Å²) in [5, 5.41) is 2.71. The second kappa shape index (κ2) is 11.0. The van der Waals surface area contributed by atoms with Gasteiger partial charge in [-0.25, -0.2) is 9.36 Å². The van der Waals surface area contributed by atoms with Crippen LogP contribution in [0.4, 0.5) is 10.5 Å². The van der Waals surface area contributed by atoms with E-state index < -0.39 is 6.09 Å². The Labute approximate surface area is 160 Å². The molecule has 1 aromatic carbocycles. The standard InChI is InChI=1S/C21H27N3O3/c1-3-5-13-22-21(26)27-16-15-24(19-11-7-6-8-12-19)20(25)18-10-9-14-23(4-2)17-18/h6-12,14,17H,3-5,13,15-16H2,1-2H3/p+1. The van der Waals surface area contributed by atoms with Crippen molar-refractivity contribution in [1.82, 2.24) is 5.32 Å². The fraction of sp³-hybridized carbons (Fsp3) is 0.381. The molecule has 27 heavy (non-hydrogen) atoms. The number of benzene rings is 1. The molecule has 0 radical (unpaired) electrons. The Morgan fingerprint density at radius 2 is 1.89 bits per heavy atom. The van der Waals surface area contributed by atoms with Crippen LogP contribution in [0.1, 0.15) is 37.0 Å². The molecule has 0 aliphatic rings. The first-order valence-electron chi connectivity index (χ1n) is 9.42. The van der Waals surface area contributed by atoms with Crippen LogP contribution in [0.15, 0.2) is 54.9 Å². The van der Waals surface area contributed by atoms with Gasteiger partial charge in [-0.2, -0.15) is 0 Å². The lowest BCUT2D eigenvalue weighted by atomic mass is 10.2. The number of alkyl carbamates (subject to hydrolysis) is 1. The van der Waals surface area contributed by atoms with Crippen LogP contribution in [-0.2, 0) is 11.3 Å². The van der Waals surface area contributed by atoms with Crippen LogP contribution in [0.3, 0.4) is 0 Å². The fourth-order valence-electron chi connectivity index (χ4n) is 2.60. The molecule has 0 saturated carbocycles. The normalized spacial score (nSPS) is 10.3. The van der Waals surface area contributed by atoms with Crippen molar-refractivity contribution in [3.8, 4) is 0 Å². The smallest absolute Gasteiger partial charge is 0.407 e. The molecular formula is C21H28N3O3+. The number of anilines is 1. The highest BCUT2D eigenvalue weighted by Crippen LogP contribution is 2.16. The number of nitrogens with zero attached hydrogens (tertiary/aromatic N) is 2. The van der Waals surface area contributed by atoms with Crippen LogP contribution in [0.25, 0.3) is 0 Å². The summed E-state index contributed by atoms with van der Waals surface area (Å²) in [5.41, 5.74) is 1.36. The van der Waals surface area contributed by atoms with Crippen molar-refractivity contribution in [3.63, 3.8) is 0 Å². The molecule has 0 spiro atoms. The number of ether oxygens (including phenoxy) is 1. The molecule has 144 valence electrons. The highest BCUT2D eigenvalue weighted by Gasteiger charge is 2.20. The number of aromatic nitrogens is 1. The SMILES string of the molecule is CCCCNC(=O)OCCN(C(=O)c1ccc[n+](CC)c1)c1ccccc1. The van der Waals surface area contributed by atoms with Gasteiger partial charge in [0.15, 0.2) is 12.4 Å². The zero-order valence-corrected chi connectivity index (χ0v) is 16.1. The van der Waals surface area contributed by atoms with Gasteiger partial charge < -0.3 is 15.0 Å². The molecule has 2 amide bonds. The van der Waals surface area contributed by atoms with Gasteiger partial charge in [0, 0.05) is 18.3 Å². The lowest BCUT2D eigenvalue weighted by Gasteiger charge is -2.22. The molecule has 0 aliphatic heterocycles. The molecule has 1 aromatic heterocycles. The molecule has 6 heteroatoms. The zero-order valence-electron chi connectivity index (χ0n) is 16.1. The van der Waals surface area contributed by atoms with Gasteiger partial charge in [-0.3, -0.25) is 4.79 Å². The maximum atomic E-state index is 13.1. The van der Waals surface area contributed by atoms with Gasteiger partial charge in [-0.15, -0.1) is 0 Å². The summed E-state index contributed by atoms with van der Waals surface area (Å²) in [7, 11) is 0. The number of hydrogen-bond acceptors (Lipinski definition) is 3. The summed E-state index contributed by atoms with van der Waals surface area (Å²) >= 11 is 0. The Kier molecular flexibility index (Phi) is 8.29. The topological polar surface area (TPSA) is 62.5 Å². The molecule has 1 heterocycles. The lowest BCUT2D eigenvalue weighted by Crippen LogP contribution is -2.38. The predicted molar refractivity (Wildman–Crippen MR) is 105 cm³/mol. The largest absolute Gasteiger partial charge is 0.448 e. The number of aryl methyl sites for hydroxylation is 1. The minimum absolute atomic E-state index is 0.124. The van der Waals surface area contributed by atoms with Crippen LogP contribution in [0, 0.1) is 0 Å². The number of carbonyl (C=O) groups is 2. The number of pyridine rings is 1. The van der Waals surface area contributed by atoms with Crippen molar-refractivity contribution in [2.45, 2.75) is 33.2 Å². The fourth-order valence-corrected chi connectivity index (χ4v) is 2.60. The number of carbonyl (C=O) groups excluding carboxylic acids is 2. The molecule has 0 bridgehead atoms. The number of para-hydroxylation sites is 1. The number of nitrogens with one attached hydrogen (secondary N) is 1. The van der Waals surface area contributed by atoms with E-state index in [0.717, 1.165) is 25.1 Å². The number of rotatable bonds is 9. The maximum absolute atomic E-state index is 13.1. The van der Waals surface area contributed by atoms with Gasteiger partial charge in [0.05, 0.1) is 6.54 Å². The molecule has 0 saturated heterocycles. The van der Waals surface area contributed by atoms with Crippen LogP contribution in [0.2, 0.25) is 0 Å². The van der Waals surface area contributed by atoms with Crippen LogP contribution < -0.4 is 14.8 Å². The quantitative estimate of drug-likeness (QED) is 0.545. The minimum atomic E-state index is -0.451. The van der Waals surface area contributed by atoms with Crippen molar-refractivity contribution in [2.75, 3.05) is 24.6 Å². The Bertz CT molecular complexity index is 734. The lowest BCUT2D eigenvalue weighted by molar-refractivity contribution is -0.693. The van der Waals surface area contributed by atoms with Crippen molar-refractivity contribution in [2.24, 2.45) is 0 Å². The van der Waals surface area contributed by atoms with E-state index in [9.17, 15) is 9.59 Å². The second-order valence-electron chi connectivity index (χ2n) is 6.13. The molecule has 2 rings (SSSR count). The van der Waals surface area contributed by atoms with E-state index in [1.54, 1.807) is 11.0 Å². The summed E-state index contributed by atoms with van der Waals surface area (Å²) in [5.74, 6) is -0.126. The first-order valence-corrected chi connectivity index (χ1v) is 9.42. The zero-order chi connectivity index (χ0) is 19.5. The van der Waals surface area contributed by atoms with Crippen LogP contribution in [-0.4, -0.2) is 31.7 Å². The van der Waals surface area contributed by atoms with Gasteiger partial charge >= 0.3 is 6.09 Å². The minimum Gasteiger partial charge on any atom is -0.448 e. The summed E-state index contributed by atoms with van der Waals surface area (Å²) in [4.78, 5) is 26.4. The second-order valence-corrected chi connectivity index (χ2v) is 6.13. The molecule has 6 nitrogen and oxygen atoms in total. The van der Waals surface area contributed by atoms with Gasteiger partial charge in [0.25, 0.3) is 5.91 Å². The van der Waals surface area contributed by atoms with Crippen LogP contribution >= 0.6 is 0 Å². The number of hydrogen-bond donors (Lipinski definition) is 1. The third kappa shape index (κ3) is 6.40. The number of unbranched alkanes of at least 4 members (excludes halogenated alkanes) is 1. The van der Waals surface area contributed by atoms with Crippen molar-refractivity contribution in [1.29, 1.82) is 0 Å². The van der Waals surface area contributed by atoms with E-state index in [-0.39, 0.29) is 19.1 Å². The third-order valence-corrected chi connectivity index (χ3v) is 4.13. The van der Waals surface area contributed by atoms with Crippen molar-refractivity contribution >= 4 is 17.7 Å². The first-order chi connectivity index (χ1) is 13.2. The van der Waals surface area contributed by atoms with E-state index in [1.165, 1.54) is 0 Å². The molecule has 0 aliphatic carbocycles. The Balaban J connectivity index is 2.06. The van der Waals surface area contributed by atoms with Crippen LogP contribution in [0.5, 0.6) is 0 Å². The Hall–Kier alpha value is -2.89. The first kappa shape index (κ1) is 20.4. The van der Waals surface area contributed by atoms with Gasteiger partial charge in [0.2, 0.25) is 0 Å². The van der Waals surface area contributed by atoms with Gasteiger partial charge in [-0.1, -0.05) is 31.5 Å². The highest BCUT2D eigenvalue weighted by atomic mass is 16.5. The summed E-state index contributed by atoms with van der Waals surface area (Å²) in [6, 6.07) is 13.1. The van der Waals surface area contributed by atoms with E-state index in [4.69, 9.17) is 4.74 Å². The van der Waals surface area contributed by atoms with Crippen molar-refractivity contribution in [3.05, 3.63) is 60.4 Å². The molecule has 0 fully saturated rings. The van der Waals surface area contributed by atoms with Gasteiger partial charge in [0.1, 0.15) is 18.7 Å². The Morgan fingerprint density at radius 3 is 2.59 bits per heavy atom. The molecular weight excluding hydrogens is 342 g/mol. The molecule has 0 atom stereocenters. The van der Waals surface area contributed by atoms with Gasteiger partial charge in [-0.05, 0) is 31.5 Å². The monoisotopic (exact) mass is 370 g/mol. The number of amides is 2. The van der Waals surface area contributed by atoms with E-state index >= 15 is 0 Å². The Morgan fingerprint density at radius 1 is 1.11 bits per heavy atom. The molecule has 1 N–H and O–H groups in total. The van der Waals surface area contributed by atoms with E-state index in [0.29, 0.717) is 12.1 Å².